The maximum absolute atomic E-state index is 12.9. The molecule has 0 saturated heterocycles. The number of hydrogen-bond acceptors (Lipinski definition) is 8. The van der Waals surface area contributed by atoms with Gasteiger partial charge in [-0.15, -0.1) is 11.3 Å². The van der Waals surface area contributed by atoms with Crippen molar-refractivity contribution in [2.24, 2.45) is 0 Å². The summed E-state index contributed by atoms with van der Waals surface area (Å²) in [7, 11) is 3.07. The Hall–Kier alpha value is -3.09. The Labute approximate surface area is 212 Å². The van der Waals surface area contributed by atoms with Crippen molar-refractivity contribution in [2.45, 2.75) is 38.9 Å². The zero-order valence-corrected chi connectivity index (χ0v) is 21.5. The van der Waals surface area contributed by atoms with Crippen molar-refractivity contribution in [3.8, 4) is 0 Å². The van der Waals surface area contributed by atoms with Crippen molar-refractivity contribution in [1.82, 2.24) is 30.4 Å². The van der Waals surface area contributed by atoms with E-state index in [0.29, 0.717) is 11.1 Å². The zero-order chi connectivity index (χ0) is 25.7. The van der Waals surface area contributed by atoms with Crippen LogP contribution in [0.5, 0.6) is 0 Å². The number of nitrogens with zero attached hydrogens (tertiary/aromatic N) is 4. The lowest BCUT2D eigenvalue weighted by Gasteiger charge is -2.29. The van der Waals surface area contributed by atoms with Crippen LogP contribution in [0.15, 0.2) is 18.3 Å². The van der Waals surface area contributed by atoms with E-state index in [2.05, 4.69) is 44.7 Å². The predicted octanol–water partition coefficient (Wildman–Crippen LogP) is 0.900. The van der Waals surface area contributed by atoms with Crippen molar-refractivity contribution in [2.75, 3.05) is 32.5 Å². The number of pyridine rings is 1. The van der Waals surface area contributed by atoms with E-state index in [1.54, 1.807) is 0 Å². The number of aromatic nitrogens is 2. The van der Waals surface area contributed by atoms with Crippen LogP contribution in [0.3, 0.4) is 0 Å². The number of likely N-dealkylation sites (N-methyl/N-ethyl adjacent to an activating group) is 1. The topological polar surface area (TPSA) is 137 Å². The summed E-state index contributed by atoms with van der Waals surface area (Å²) < 4.78 is 0. The first-order valence-corrected chi connectivity index (χ1v) is 12.2. The Morgan fingerprint density at radius 3 is 2.57 bits per heavy atom. The van der Waals surface area contributed by atoms with Crippen molar-refractivity contribution < 1.29 is 19.2 Å². The van der Waals surface area contributed by atoms with E-state index >= 15 is 0 Å². The Morgan fingerprint density at radius 1 is 1.20 bits per heavy atom. The molecule has 0 bridgehead atoms. The molecule has 1 aliphatic rings. The van der Waals surface area contributed by atoms with Gasteiger partial charge in [0.15, 0.2) is 5.01 Å². The van der Waals surface area contributed by atoms with Crippen LogP contribution in [0.4, 0.5) is 5.82 Å². The van der Waals surface area contributed by atoms with E-state index in [9.17, 15) is 19.2 Å². The molecule has 11 nitrogen and oxygen atoms in total. The Morgan fingerprint density at radius 2 is 1.94 bits per heavy atom. The highest BCUT2D eigenvalue weighted by Crippen LogP contribution is 2.26. The third-order valence-electron chi connectivity index (χ3n) is 5.37. The molecule has 4 amide bonds. The molecule has 1 unspecified atom stereocenters. The van der Waals surface area contributed by atoms with Crippen LogP contribution in [0.1, 0.15) is 34.2 Å². The number of nitrogens with one attached hydrogen (secondary N) is 3. The average Bonchev–Trinajstić information content (AvgIpc) is 3.25. The Bertz CT molecular complexity index is 1100. The van der Waals surface area contributed by atoms with Crippen LogP contribution in [-0.4, -0.2) is 82.7 Å². The number of amides is 4. The molecule has 1 aliphatic heterocycles. The summed E-state index contributed by atoms with van der Waals surface area (Å²) in [5.74, 6) is -2.75. The minimum atomic E-state index is -1.09. The van der Waals surface area contributed by atoms with Gasteiger partial charge in [0.2, 0.25) is 5.91 Å². The molecule has 35 heavy (non-hydrogen) atoms. The van der Waals surface area contributed by atoms with Gasteiger partial charge in [-0.1, -0.05) is 11.6 Å². The molecule has 0 fully saturated rings. The van der Waals surface area contributed by atoms with Gasteiger partial charge >= 0.3 is 11.8 Å². The van der Waals surface area contributed by atoms with E-state index in [0.717, 1.165) is 30.1 Å². The number of carbonyl (C=O) groups is 4. The normalized spacial score (nSPS) is 14.1. The number of fused-ring (bicyclic) bond motifs is 1. The van der Waals surface area contributed by atoms with Crippen molar-refractivity contribution in [3.05, 3.63) is 38.9 Å². The molecule has 2 aromatic rings. The van der Waals surface area contributed by atoms with Gasteiger partial charge < -0.3 is 20.9 Å². The molecule has 0 saturated carbocycles. The van der Waals surface area contributed by atoms with E-state index in [1.165, 1.54) is 48.7 Å². The molecular weight excluding hydrogens is 494 g/mol. The third kappa shape index (κ3) is 6.96. The molecule has 3 heterocycles. The highest BCUT2D eigenvalue weighted by Gasteiger charge is 2.28. The molecule has 0 spiro atoms. The predicted molar refractivity (Wildman–Crippen MR) is 132 cm³/mol. The fourth-order valence-corrected chi connectivity index (χ4v) is 4.53. The lowest BCUT2D eigenvalue weighted by Crippen LogP contribution is -2.53. The van der Waals surface area contributed by atoms with Crippen LogP contribution in [0.25, 0.3) is 0 Å². The zero-order valence-electron chi connectivity index (χ0n) is 19.9. The first kappa shape index (κ1) is 26.5. The Balaban J connectivity index is 1.62. The maximum Gasteiger partial charge on any atom is 0.314 e. The minimum absolute atomic E-state index is 0.146. The smallest absolute Gasteiger partial charge is 0.314 e. The molecule has 3 N–H and O–H groups in total. The Kier molecular flexibility index (Phi) is 8.76. The molecule has 2 aromatic heterocycles. The highest BCUT2D eigenvalue weighted by molar-refractivity contribution is 7.13. The van der Waals surface area contributed by atoms with Crippen LogP contribution >= 0.6 is 22.9 Å². The lowest BCUT2D eigenvalue weighted by molar-refractivity contribution is -0.136. The molecule has 0 aromatic carbocycles. The van der Waals surface area contributed by atoms with Crippen molar-refractivity contribution in [1.29, 1.82) is 0 Å². The number of rotatable bonds is 7. The van der Waals surface area contributed by atoms with Gasteiger partial charge in [-0.25, -0.2) is 9.97 Å². The summed E-state index contributed by atoms with van der Waals surface area (Å²) in [6.07, 6.45) is 2.08. The van der Waals surface area contributed by atoms with E-state index in [4.69, 9.17) is 11.6 Å². The number of carbonyl (C=O) groups excluding carboxylic acids is 4. The summed E-state index contributed by atoms with van der Waals surface area (Å²) in [5.41, 5.74) is 0.897. The van der Waals surface area contributed by atoms with Gasteiger partial charge in [-0.05, 0) is 26.0 Å². The summed E-state index contributed by atoms with van der Waals surface area (Å²) in [6, 6.07) is 2.26. The fraction of sp³-hybridized carbons (Fsp3) is 0.455. The molecule has 0 radical (unpaired) electrons. The second kappa shape index (κ2) is 11.6. The SMILES string of the molecule is CC(C)N1CCc2nc(C(=O)NC(CNC(=O)C(=O)Nc3ccc(Cl)cn3)C(=O)N(C)C)sc2C1. The largest absolute Gasteiger partial charge is 0.347 e. The molecular formula is C22H28ClN7O4S. The molecule has 3 rings (SSSR count). The van der Waals surface area contributed by atoms with Crippen LogP contribution in [0, 0.1) is 0 Å². The second-order valence-corrected chi connectivity index (χ2v) is 10.0. The summed E-state index contributed by atoms with van der Waals surface area (Å²) in [6.45, 7) is 5.56. The first-order valence-electron chi connectivity index (χ1n) is 11.0. The summed E-state index contributed by atoms with van der Waals surface area (Å²) in [4.78, 5) is 62.9. The average molecular weight is 522 g/mol. The van der Waals surface area contributed by atoms with Gasteiger partial charge in [0.1, 0.15) is 11.9 Å². The number of halogens is 1. The van der Waals surface area contributed by atoms with Gasteiger partial charge in [0.25, 0.3) is 5.91 Å². The number of hydrogen-bond donors (Lipinski definition) is 3. The molecule has 13 heteroatoms. The summed E-state index contributed by atoms with van der Waals surface area (Å²) in [5, 5.41) is 8.00. The fourth-order valence-electron chi connectivity index (χ4n) is 3.38. The summed E-state index contributed by atoms with van der Waals surface area (Å²) >= 11 is 7.05. The third-order valence-corrected chi connectivity index (χ3v) is 6.68. The highest BCUT2D eigenvalue weighted by atomic mass is 35.5. The minimum Gasteiger partial charge on any atom is -0.347 e. The van der Waals surface area contributed by atoms with Gasteiger partial charge in [-0.3, -0.25) is 24.1 Å². The van der Waals surface area contributed by atoms with Gasteiger partial charge in [-0.2, -0.15) is 0 Å². The van der Waals surface area contributed by atoms with Crippen molar-refractivity contribution in [3.63, 3.8) is 0 Å². The molecule has 1 atom stereocenters. The standard InChI is InChI=1S/C22H28ClN7O4S/c1-12(2)30-8-7-14-16(11-30)35-21(27-14)20(33)26-15(22(34)29(3)4)10-25-18(31)19(32)28-17-6-5-13(23)9-24-17/h5-6,9,12,15H,7-8,10-11H2,1-4H3,(H,25,31)(H,26,33)(H,24,28,32). The number of thiazole rings is 1. The molecule has 188 valence electrons. The van der Waals surface area contributed by atoms with Gasteiger partial charge in [0.05, 0.1) is 10.7 Å². The number of anilines is 1. The first-order chi connectivity index (χ1) is 16.5. The molecule has 0 aliphatic carbocycles. The van der Waals surface area contributed by atoms with E-state index < -0.39 is 29.7 Å². The van der Waals surface area contributed by atoms with E-state index in [-0.39, 0.29) is 17.4 Å². The monoisotopic (exact) mass is 521 g/mol. The van der Waals surface area contributed by atoms with Crippen LogP contribution in [0.2, 0.25) is 5.02 Å². The maximum atomic E-state index is 12.9. The quantitative estimate of drug-likeness (QED) is 0.460. The van der Waals surface area contributed by atoms with Crippen molar-refractivity contribution >= 4 is 52.4 Å². The van der Waals surface area contributed by atoms with Gasteiger partial charge in [0, 0.05) is 57.3 Å². The van der Waals surface area contributed by atoms with E-state index in [1.807, 2.05) is 0 Å². The van der Waals surface area contributed by atoms with Crippen LogP contribution in [-0.2, 0) is 27.3 Å². The lowest BCUT2D eigenvalue weighted by atomic mass is 10.1. The second-order valence-electron chi connectivity index (χ2n) is 8.49. The van der Waals surface area contributed by atoms with Crippen LogP contribution < -0.4 is 16.0 Å².